The van der Waals surface area contributed by atoms with Crippen LogP contribution in [0.25, 0.3) is 0 Å². The molecule has 0 aromatic heterocycles. The minimum absolute atomic E-state index is 0.00696. The number of rotatable bonds is 6. The maximum Gasteiger partial charge on any atom is 0.227 e. The Balaban J connectivity index is 1.46. The maximum absolute atomic E-state index is 12.2. The van der Waals surface area contributed by atoms with Crippen molar-refractivity contribution < 1.29 is 9.59 Å². The van der Waals surface area contributed by atoms with Crippen LogP contribution in [0.5, 0.6) is 0 Å². The standard InChI is InChI=1S/C20H23N3O2/c21-17(14-6-2-1-3-7-14)13-22-19(24)11-10-16-12-15-8-4-5-9-18(15)23-20(16)25/h1-9,16-17H,10-13,21H2,(H,22,24)(H,23,25). The minimum atomic E-state index is -0.227. The quantitative estimate of drug-likeness (QED) is 0.757. The number of hydrogen-bond acceptors (Lipinski definition) is 3. The van der Waals surface area contributed by atoms with E-state index in [4.69, 9.17) is 5.73 Å². The van der Waals surface area contributed by atoms with Crippen molar-refractivity contribution in [2.24, 2.45) is 11.7 Å². The number of nitrogens with one attached hydrogen (secondary N) is 2. The first-order chi connectivity index (χ1) is 12.1. The highest BCUT2D eigenvalue weighted by atomic mass is 16.2. The van der Waals surface area contributed by atoms with Gasteiger partial charge in [0.1, 0.15) is 0 Å². The Hall–Kier alpha value is -2.66. The van der Waals surface area contributed by atoms with Crippen molar-refractivity contribution in [1.29, 1.82) is 0 Å². The van der Waals surface area contributed by atoms with Crippen molar-refractivity contribution >= 4 is 17.5 Å². The van der Waals surface area contributed by atoms with Gasteiger partial charge in [-0.25, -0.2) is 0 Å². The number of para-hydroxylation sites is 1. The van der Waals surface area contributed by atoms with E-state index in [0.29, 0.717) is 25.8 Å². The molecule has 0 saturated heterocycles. The molecular formula is C20H23N3O2. The van der Waals surface area contributed by atoms with Gasteiger partial charge in [-0.05, 0) is 30.0 Å². The molecule has 2 aromatic carbocycles. The molecule has 5 nitrogen and oxygen atoms in total. The largest absolute Gasteiger partial charge is 0.354 e. The van der Waals surface area contributed by atoms with Gasteiger partial charge in [0.2, 0.25) is 11.8 Å². The molecule has 1 aliphatic heterocycles. The van der Waals surface area contributed by atoms with Crippen LogP contribution in [0.1, 0.15) is 30.0 Å². The molecule has 0 fully saturated rings. The summed E-state index contributed by atoms with van der Waals surface area (Å²) in [6.07, 6.45) is 1.53. The Labute approximate surface area is 147 Å². The summed E-state index contributed by atoms with van der Waals surface area (Å²) in [7, 11) is 0. The van der Waals surface area contributed by atoms with E-state index in [-0.39, 0.29) is 23.8 Å². The smallest absolute Gasteiger partial charge is 0.227 e. The van der Waals surface area contributed by atoms with Gasteiger partial charge in [-0.3, -0.25) is 9.59 Å². The van der Waals surface area contributed by atoms with Crippen molar-refractivity contribution in [1.82, 2.24) is 5.32 Å². The van der Waals surface area contributed by atoms with Crippen molar-refractivity contribution in [3.05, 3.63) is 65.7 Å². The lowest BCUT2D eigenvalue weighted by molar-refractivity contribution is -0.122. The monoisotopic (exact) mass is 337 g/mol. The number of carbonyl (C=O) groups excluding carboxylic acids is 2. The molecule has 0 radical (unpaired) electrons. The average Bonchev–Trinajstić information content (AvgIpc) is 2.65. The molecule has 25 heavy (non-hydrogen) atoms. The summed E-state index contributed by atoms with van der Waals surface area (Å²) >= 11 is 0. The van der Waals surface area contributed by atoms with E-state index >= 15 is 0 Å². The fourth-order valence-corrected chi connectivity index (χ4v) is 3.08. The molecule has 0 aliphatic carbocycles. The number of anilines is 1. The highest BCUT2D eigenvalue weighted by Gasteiger charge is 2.26. The van der Waals surface area contributed by atoms with Crippen molar-refractivity contribution in [2.75, 3.05) is 11.9 Å². The maximum atomic E-state index is 12.2. The number of fused-ring (bicyclic) bond motifs is 1. The average molecular weight is 337 g/mol. The second kappa shape index (κ2) is 7.94. The summed E-state index contributed by atoms with van der Waals surface area (Å²) in [6.45, 7) is 0.391. The molecule has 3 rings (SSSR count). The molecule has 2 aromatic rings. The van der Waals surface area contributed by atoms with Gasteiger partial charge in [0.05, 0.1) is 0 Å². The van der Waals surface area contributed by atoms with Gasteiger partial charge in [0, 0.05) is 30.6 Å². The zero-order chi connectivity index (χ0) is 17.6. The van der Waals surface area contributed by atoms with Gasteiger partial charge in [0.25, 0.3) is 0 Å². The molecule has 1 heterocycles. The highest BCUT2D eigenvalue weighted by molar-refractivity contribution is 5.96. The predicted octanol–water partition coefficient (Wildman–Crippen LogP) is 2.39. The molecule has 2 atom stereocenters. The highest BCUT2D eigenvalue weighted by Crippen LogP contribution is 2.27. The molecule has 2 unspecified atom stereocenters. The third-order valence-corrected chi connectivity index (χ3v) is 4.58. The molecule has 0 bridgehead atoms. The van der Waals surface area contributed by atoms with Gasteiger partial charge in [-0.1, -0.05) is 48.5 Å². The summed E-state index contributed by atoms with van der Waals surface area (Å²) in [4.78, 5) is 24.2. The first-order valence-corrected chi connectivity index (χ1v) is 8.59. The molecular weight excluding hydrogens is 314 g/mol. The van der Waals surface area contributed by atoms with Crippen LogP contribution < -0.4 is 16.4 Å². The van der Waals surface area contributed by atoms with Crippen molar-refractivity contribution in [2.45, 2.75) is 25.3 Å². The van der Waals surface area contributed by atoms with Crippen molar-refractivity contribution in [3.8, 4) is 0 Å². The summed E-state index contributed by atoms with van der Waals surface area (Å²) in [6, 6.07) is 17.2. The third kappa shape index (κ3) is 4.45. The summed E-state index contributed by atoms with van der Waals surface area (Å²) < 4.78 is 0. The van der Waals surface area contributed by atoms with Gasteiger partial charge >= 0.3 is 0 Å². The Bertz CT molecular complexity index is 746. The molecule has 130 valence electrons. The lowest BCUT2D eigenvalue weighted by Gasteiger charge is -2.24. The van der Waals surface area contributed by atoms with Crippen molar-refractivity contribution in [3.63, 3.8) is 0 Å². The number of amides is 2. The van der Waals surface area contributed by atoms with Crippen LogP contribution in [0.4, 0.5) is 5.69 Å². The van der Waals surface area contributed by atoms with Gasteiger partial charge in [0.15, 0.2) is 0 Å². The lowest BCUT2D eigenvalue weighted by Crippen LogP contribution is -2.34. The first kappa shape index (κ1) is 17.2. The summed E-state index contributed by atoms with van der Waals surface area (Å²) in [5.74, 6) is -0.242. The molecule has 5 heteroatoms. The van der Waals surface area contributed by atoms with Gasteiger partial charge in [-0.2, -0.15) is 0 Å². The van der Waals surface area contributed by atoms with Gasteiger partial charge < -0.3 is 16.4 Å². The third-order valence-electron chi connectivity index (χ3n) is 4.58. The van der Waals surface area contributed by atoms with Crippen LogP contribution in [0.2, 0.25) is 0 Å². The van der Waals surface area contributed by atoms with Crippen LogP contribution in [0.3, 0.4) is 0 Å². The number of nitrogens with two attached hydrogens (primary N) is 1. The Morgan fingerprint density at radius 1 is 1.16 bits per heavy atom. The minimum Gasteiger partial charge on any atom is -0.354 e. The Kier molecular flexibility index (Phi) is 5.46. The summed E-state index contributed by atoms with van der Waals surface area (Å²) in [5, 5.41) is 5.77. The molecule has 0 saturated carbocycles. The number of hydrogen-bond donors (Lipinski definition) is 3. The fraction of sp³-hybridized carbons (Fsp3) is 0.300. The van der Waals surface area contributed by atoms with Crippen LogP contribution in [0, 0.1) is 5.92 Å². The zero-order valence-electron chi connectivity index (χ0n) is 14.1. The molecule has 1 aliphatic rings. The topological polar surface area (TPSA) is 84.2 Å². The van der Waals surface area contributed by atoms with Crippen LogP contribution in [-0.2, 0) is 16.0 Å². The van der Waals surface area contributed by atoms with E-state index in [0.717, 1.165) is 16.8 Å². The van der Waals surface area contributed by atoms with E-state index in [9.17, 15) is 9.59 Å². The predicted molar refractivity (Wildman–Crippen MR) is 97.9 cm³/mol. The molecule has 4 N–H and O–H groups in total. The lowest BCUT2D eigenvalue weighted by atomic mass is 9.89. The summed E-state index contributed by atoms with van der Waals surface area (Å²) in [5.41, 5.74) is 9.07. The normalized spacial score (nSPS) is 17.3. The van der Waals surface area contributed by atoms with E-state index in [2.05, 4.69) is 10.6 Å². The number of carbonyl (C=O) groups is 2. The van der Waals surface area contributed by atoms with E-state index in [1.165, 1.54) is 0 Å². The Morgan fingerprint density at radius 3 is 2.68 bits per heavy atom. The van der Waals surface area contributed by atoms with E-state index < -0.39 is 0 Å². The fourth-order valence-electron chi connectivity index (χ4n) is 3.08. The molecule has 2 amide bonds. The Morgan fingerprint density at radius 2 is 1.88 bits per heavy atom. The second-order valence-electron chi connectivity index (χ2n) is 6.41. The first-order valence-electron chi connectivity index (χ1n) is 8.59. The van der Waals surface area contributed by atoms with E-state index in [1.807, 2.05) is 54.6 Å². The SMILES string of the molecule is NC(CNC(=O)CCC1Cc2ccccc2NC1=O)c1ccccc1. The molecule has 0 spiro atoms. The van der Waals surface area contributed by atoms with Gasteiger partial charge in [-0.15, -0.1) is 0 Å². The zero-order valence-corrected chi connectivity index (χ0v) is 14.1. The second-order valence-corrected chi connectivity index (χ2v) is 6.41. The number of benzene rings is 2. The van der Waals surface area contributed by atoms with Crippen LogP contribution >= 0.6 is 0 Å². The van der Waals surface area contributed by atoms with E-state index in [1.54, 1.807) is 0 Å². The van der Waals surface area contributed by atoms with Crippen LogP contribution in [-0.4, -0.2) is 18.4 Å². The van der Waals surface area contributed by atoms with Crippen LogP contribution in [0.15, 0.2) is 54.6 Å².